The molecule has 0 spiro atoms. The van der Waals surface area contributed by atoms with Gasteiger partial charge in [-0.25, -0.2) is 0 Å². The lowest BCUT2D eigenvalue weighted by molar-refractivity contribution is 0.354. The minimum atomic E-state index is 0. The van der Waals surface area contributed by atoms with Gasteiger partial charge in [0.2, 0.25) is 5.89 Å². The Bertz CT molecular complexity index is 734. The number of aliphatic imine (C=N–C) groups is 1. The van der Waals surface area contributed by atoms with Crippen molar-refractivity contribution in [2.45, 2.75) is 32.7 Å². The first-order chi connectivity index (χ1) is 12.6. The van der Waals surface area contributed by atoms with E-state index in [1.165, 1.54) is 0 Å². The minimum absolute atomic E-state index is 0. The van der Waals surface area contributed by atoms with E-state index in [0.717, 1.165) is 11.4 Å². The lowest BCUT2D eigenvalue weighted by Gasteiger charge is -2.13. The van der Waals surface area contributed by atoms with Gasteiger partial charge in [0.15, 0.2) is 23.3 Å². The molecule has 0 saturated heterocycles. The van der Waals surface area contributed by atoms with Crippen LogP contribution in [0.4, 0.5) is 0 Å². The standard InChI is InChI=1S/C18H27N5O3.HI/c1-12(2)17-22-16(26-23-17)8-9-20-18(19-3)21-11-13-6-7-14(24-4)15(10-13)25-5;/h6-7,10,12H,8-9,11H2,1-5H3,(H2,19,20,21);1H. The Morgan fingerprint density at radius 1 is 1.19 bits per heavy atom. The van der Waals surface area contributed by atoms with E-state index >= 15 is 0 Å². The fraction of sp³-hybridized carbons (Fsp3) is 0.500. The number of rotatable bonds is 8. The Kier molecular flexibility index (Phi) is 9.90. The summed E-state index contributed by atoms with van der Waals surface area (Å²) in [5.74, 6) is 3.72. The van der Waals surface area contributed by atoms with Crippen LogP contribution in [0.5, 0.6) is 11.5 Å². The minimum Gasteiger partial charge on any atom is -0.493 e. The molecule has 0 fully saturated rings. The quantitative estimate of drug-likeness (QED) is 0.335. The topological polar surface area (TPSA) is 93.8 Å². The molecule has 0 aliphatic heterocycles. The van der Waals surface area contributed by atoms with Crippen molar-refractivity contribution in [2.75, 3.05) is 27.8 Å². The Hall–Kier alpha value is -2.04. The van der Waals surface area contributed by atoms with Gasteiger partial charge in [0.1, 0.15) is 0 Å². The van der Waals surface area contributed by atoms with E-state index in [-0.39, 0.29) is 29.9 Å². The molecule has 8 nitrogen and oxygen atoms in total. The van der Waals surface area contributed by atoms with Crippen molar-refractivity contribution in [3.05, 3.63) is 35.5 Å². The van der Waals surface area contributed by atoms with Crippen LogP contribution in [0.2, 0.25) is 0 Å². The molecule has 9 heteroatoms. The van der Waals surface area contributed by atoms with Crippen LogP contribution >= 0.6 is 24.0 Å². The molecule has 1 heterocycles. The largest absolute Gasteiger partial charge is 0.493 e. The van der Waals surface area contributed by atoms with Crippen molar-refractivity contribution in [1.29, 1.82) is 0 Å². The molecule has 27 heavy (non-hydrogen) atoms. The highest BCUT2D eigenvalue weighted by Crippen LogP contribution is 2.27. The zero-order valence-corrected chi connectivity index (χ0v) is 18.7. The number of hydrogen-bond donors (Lipinski definition) is 2. The summed E-state index contributed by atoms with van der Waals surface area (Å²) in [5, 5.41) is 10.5. The van der Waals surface area contributed by atoms with Gasteiger partial charge in [-0.05, 0) is 17.7 Å². The summed E-state index contributed by atoms with van der Waals surface area (Å²) >= 11 is 0. The van der Waals surface area contributed by atoms with Gasteiger partial charge in [0.05, 0.1) is 14.2 Å². The molecule has 0 atom stereocenters. The molecule has 2 rings (SSSR count). The van der Waals surface area contributed by atoms with Crippen LogP contribution < -0.4 is 20.1 Å². The molecule has 0 radical (unpaired) electrons. The number of hydrogen-bond acceptors (Lipinski definition) is 6. The summed E-state index contributed by atoms with van der Waals surface area (Å²) in [7, 11) is 4.97. The highest BCUT2D eigenvalue weighted by Gasteiger charge is 2.10. The summed E-state index contributed by atoms with van der Waals surface area (Å²) in [6.07, 6.45) is 0.636. The van der Waals surface area contributed by atoms with E-state index in [2.05, 4.69) is 25.8 Å². The predicted octanol–water partition coefficient (Wildman–Crippen LogP) is 2.74. The maximum absolute atomic E-state index is 5.32. The van der Waals surface area contributed by atoms with Gasteiger partial charge < -0.3 is 24.6 Å². The molecule has 150 valence electrons. The Morgan fingerprint density at radius 2 is 1.93 bits per heavy atom. The first-order valence-corrected chi connectivity index (χ1v) is 8.55. The van der Waals surface area contributed by atoms with Crippen LogP contribution in [0.3, 0.4) is 0 Å². The molecular weight excluding hydrogens is 461 g/mol. The highest BCUT2D eigenvalue weighted by molar-refractivity contribution is 14.0. The number of guanidine groups is 1. The number of nitrogens with zero attached hydrogens (tertiary/aromatic N) is 3. The van der Waals surface area contributed by atoms with Gasteiger partial charge in [0, 0.05) is 32.5 Å². The van der Waals surface area contributed by atoms with Crippen LogP contribution in [0.25, 0.3) is 0 Å². The predicted molar refractivity (Wildman–Crippen MR) is 115 cm³/mol. The number of benzene rings is 1. The van der Waals surface area contributed by atoms with E-state index in [0.29, 0.717) is 42.9 Å². The average Bonchev–Trinajstić information content (AvgIpc) is 3.13. The number of ether oxygens (including phenoxy) is 2. The molecule has 0 aliphatic rings. The maximum Gasteiger partial charge on any atom is 0.228 e. The van der Waals surface area contributed by atoms with Crippen molar-refractivity contribution >= 4 is 29.9 Å². The average molecular weight is 489 g/mol. The maximum atomic E-state index is 5.32. The van der Waals surface area contributed by atoms with Gasteiger partial charge in [-0.15, -0.1) is 24.0 Å². The third kappa shape index (κ3) is 6.89. The summed E-state index contributed by atoms with van der Waals surface area (Å²) in [5.41, 5.74) is 1.06. The van der Waals surface area contributed by atoms with Gasteiger partial charge >= 0.3 is 0 Å². The Labute approximate surface area is 177 Å². The van der Waals surface area contributed by atoms with E-state index in [1.54, 1.807) is 21.3 Å². The monoisotopic (exact) mass is 489 g/mol. The zero-order chi connectivity index (χ0) is 18.9. The molecule has 0 aliphatic carbocycles. The van der Waals surface area contributed by atoms with E-state index in [1.807, 2.05) is 32.0 Å². The molecule has 1 aromatic carbocycles. The molecule has 0 unspecified atom stereocenters. The van der Waals surface area contributed by atoms with Gasteiger partial charge in [0.25, 0.3) is 0 Å². The Morgan fingerprint density at radius 3 is 2.52 bits per heavy atom. The third-order valence-electron chi connectivity index (χ3n) is 3.76. The fourth-order valence-corrected chi connectivity index (χ4v) is 2.29. The first kappa shape index (κ1) is 23.0. The second kappa shape index (κ2) is 11.6. The van der Waals surface area contributed by atoms with Crippen LogP contribution in [-0.2, 0) is 13.0 Å². The number of halogens is 1. The molecular formula is C18H28IN5O3. The van der Waals surface area contributed by atoms with Crippen LogP contribution in [-0.4, -0.2) is 43.9 Å². The molecule has 0 bridgehead atoms. The summed E-state index contributed by atoms with van der Waals surface area (Å²) in [4.78, 5) is 8.57. The normalized spacial score (nSPS) is 11.1. The summed E-state index contributed by atoms with van der Waals surface area (Å²) in [6, 6.07) is 5.80. The number of methoxy groups -OCH3 is 2. The molecule has 0 saturated carbocycles. The van der Waals surface area contributed by atoms with Crippen molar-refractivity contribution in [3.8, 4) is 11.5 Å². The van der Waals surface area contributed by atoms with E-state index in [9.17, 15) is 0 Å². The van der Waals surface area contributed by atoms with Gasteiger partial charge in [-0.1, -0.05) is 25.1 Å². The smallest absolute Gasteiger partial charge is 0.228 e. The second-order valence-corrected chi connectivity index (χ2v) is 5.99. The molecule has 1 aromatic heterocycles. The van der Waals surface area contributed by atoms with Crippen molar-refractivity contribution in [3.63, 3.8) is 0 Å². The summed E-state index contributed by atoms with van der Waals surface area (Å²) < 4.78 is 15.8. The molecule has 2 aromatic rings. The lowest BCUT2D eigenvalue weighted by Crippen LogP contribution is -2.37. The van der Waals surface area contributed by atoms with Crippen molar-refractivity contribution in [2.24, 2.45) is 4.99 Å². The molecule has 0 amide bonds. The van der Waals surface area contributed by atoms with Gasteiger partial charge in [-0.2, -0.15) is 4.98 Å². The van der Waals surface area contributed by atoms with Crippen molar-refractivity contribution < 1.29 is 14.0 Å². The van der Waals surface area contributed by atoms with Gasteiger partial charge in [-0.3, -0.25) is 4.99 Å². The third-order valence-corrected chi connectivity index (χ3v) is 3.76. The van der Waals surface area contributed by atoms with Crippen molar-refractivity contribution in [1.82, 2.24) is 20.8 Å². The van der Waals surface area contributed by atoms with Crippen LogP contribution in [0.1, 0.15) is 37.0 Å². The van der Waals surface area contributed by atoms with E-state index < -0.39 is 0 Å². The number of nitrogens with one attached hydrogen (secondary N) is 2. The number of aromatic nitrogens is 2. The molecule has 2 N–H and O–H groups in total. The Balaban J connectivity index is 0.00000364. The van der Waals surface area contributed by atoms with E-state index in [4.69, 9.17) is 14.0 Å². The highest BCUT2D eigenvalue weighted by atomic mass is 127. The first-order valence-electron chi connectivity index (χ1n) is 8.55. The zero-order valence-electron chi connectivity index (χ0n) is 16.4. The van der Waals surface area contributed by atoms with Crippen LogP contribution in [0.15, 0.2) is 27.7 Å². The lowest BCUT2D eigenvalue weighted by atomic mass is 10.2. The van der Waals surface area contributed by atoms with Crippen LogP contribution in [0, 0.1) is 0 Å². The second-order valence-electron chi connectivity index (χ2n) is 5.99. The SMILES string of the molecule is CN=C(NCCc1nc(C(C)C)no1)NCc1ccc(OC)c(OC)c1.I. The summed E-state index contributed by atoms with van der Waals surface area (Å²) in [6.45, 7) is 5.32. The fourth-order valence-electron chi connectivity index (χ4n) is 2.29.